The second kappa shape index (κ2) is 6.25. The summed E-state index contributed by atoms with van der Waals surface area (Å²) in [6, 6.07) is 8.00. The summed E-state index contributed by atoms with van der Waals surface area (Å²) in [4.78, 5) is 6.38. The van der Waals surface area contributed by atoms with Crippen LogP contribution in [0.1, 0.15) is 36.3 Å². The third kappa shape index (κ3) is 2.90. The third-order valence-electron chi connectivity index (χ3n) is 3.78. The molecule has 1 aliphatic rings. The van der Waals surface area contributed by atoms with Gasteiger partial charge in [-0.1, -0.05) is 30.7 Å². The average Bonchev–Trinajstić information content (AvgIpc) is 2.89. The molecule has 1 atom stereocenters. The summed E-state index contributed by atoms with van der Waals surface area (Å²) in [5.74, 6) is 0.572. The molecule has 0 saturated heterocycles. The van der Waals surface area contributed by atoms with Crippen LogP contribution in [0.25, 0.3) is 10.6 Å². The molecule has 1 aromatic heterocycles. The highest BCUT2D eigenvalue weighted by molar-refractivity contribution is 7.15. The molecule has 20 heavy (non-hydrogen) atoms. The van der Waals surface area contributed by atoms with E-state index in [0.29, 0.717) is 5.92 Å². The fraction of sp³-hybridized carbons (Fsp3) is 0.438. The van der Waals surface area contributed by atoms with Crippen LogP contribution in [-0.2, 0) is 6.42 Å². The summed E-state index contributed by atoms with van der Waals surface area (Å²) >= 11 is 7.92. The van der Waals surface area contributed by atoms with Crippen LogP contribution in [0.2, 0.25) is 5.02 Å². The van der Waals surface area contributed by atoms with Crippen LogP contribution in [0.4, 0.5) is 0 Å². The minimum Gasteiger partial charge on any atom is -0.316 e. The zero-order valence-electron chi connectivity index (χ0n) is 11.7. The fourth-order valence-electron chi connectivity index (χ4n) is 2.77. The Bertz CT molecular complexity index is 594. The van der Waals surface area contributed by atoms with Crippen molar-refractivity contribution in [3.8, 4) is 10.6 Å². The van der Waals surface area contributed by atoms with Gasteiger partial charge in [0.1, 0.15) is 5.01 Å². The number of fused-ring (bicyclic) bond motifs is 1. The lowest BCUT2D eigenvalue weighted by molar-refractivity contribution is 0.509. The lowest BCUT2D eigenvalue weighted by Crippen LogP contribution is -2.23. The van der Waals surface area contributed by atoms with Crippen molar-refractivity contribution in [2.45, 2.75) is 32.1 Å². The standard InChI is InChI=1S/C16H19ClN2S/c1-2-18-10-12-6-4-8-14-15(12)19-16(20-14)11-5-3-7-13(17)9-11/h3,5,7,9,12,18H,2,4,6,8,10H2,1H3. The highest BCUT2D eigenvalue weighted by Gasteiger charge is 2.24. The van der Waals surface area contributed by atoms with Crippen molar-refractivity contribution < 1.29 is 0 Å². The van der Waals surface area contributed by atoms with Crippen LogP contribution in [0.3, 0.4) is 0 Å². The smallest absolute Gasteiger partial charge is 0.123 e. The second-order valence-electron chi connectivity index (χ2n) is 5.23. The van der Waals surface area contributed by atoms with Gasteiger partial charge in [-0.25, -0.2) is 4.98 Å². The number of rotatable bonds is 4. The zero-order chi connectivity index (χ0) is 13.9. The van der Waals surface area contributed by atoms with Crippen molar-refractivity contribution in [3.63, 3.8) is 0 Å². The first-order chi connectivity index (χ1) is 9.78. The SMILES string of the molecule is CCNCC1CCCc2sc(-c3cccc(Cl)c3)nc21. The molecule has 4 heteroatoms. The van der Waals surface area contributed by atoms with Gasteiger partial charge in [-0.2, -0.15) is 0 Å². The molecule has 0 spiro atoms. The number of nitrogens with one attached hydrogen (secondary N) is 1. The molecule has 1 unspecified atom stereocenters. The number of halogens is 1. The predicted octanol–water partition coefficient (Wildman–Crippen LogP) is 4.49. The first kappa shape index (κ1) is 14.1. The molecule has 1 aliphatic carbocycles. The number of likely N-dealkylation sites (N-methyl/N-ethyl adjacent to an activating group) is 1. The monoisotopic (exact) mass is 306 g/mol. The van der Waals surface area contributed by atoms with Crippen LogP contribution < -0.4 is 5.32 Å². The Kier molecular flexibility index (Phi) is 4.39. The Morgan fingerprint density at radius 3 is 3.15 bits per heavy atom. The minimum atomic E-state index is 0.572. The number of thiazole rings is 1. The molecule has 2 aromatic rings. The minimum absolute atomic E-state index is 0.572. The molecular weight excluding hydrogens is 288 g/mol. The van der Waals surface area contributed by atoms with Gasteiger partial charge in [0, 0.05) is 27.9 Å². The fourth-order valence-corrected chi connectivity index (χ4v) is 4.15. The number of hydrogen-bond donors (Lipinski definition) is 1. The maximum Gasteiger partial charge on any atom is 0.123 e. The first-order valence-electron chi connectivity index (χ1n) is 7.24. The molecule has 3 rings (SSSR count). The Morgan fingerprint density at radius 2 is 2.35 bits per heavy atom. The largest absolute Gasteiger partial charge is 0.316 e. The number of aryl methyl sites for hydroxylation is 1. The molecule has 1 aromatic carbocycles. The third-order valence-corrected chi connectivity index (χ3v) is 5.20. The van der Waals surface area contributed by atoms with Gasteiger partial charge in [-0.3, -0.25) is 0 Å². The molecule has 0 saturated carbocycles. The van der Waals surface area contributed by atoms with Gasteiger partial charge in [0.2, 0.25) is 0 Å². The van der Waals surface area contributed by atoms with Crippen LogP contribution in [0.5, 0.6) is 0 Å². The average molecular weight is 307 g/mol. The zero-order valence-corrected chi connectivity index (χ0v) is 13.2. The van der Waals surface area contributed by atoms with Crippen LogP contribution in [0.15, 0.2) is 24.3 Å². The molecule has 0 aliphatic heterocycles. The number of nitrogens with zero attached hydrogens (tertiary/aromatic N) is 1. The Hall–Kier alpha value is -0.900. The van der Waals surface area contributed by atoms with E-state index in [9.17, 15) is 0 Å². The summed E-state index contributed by atoms with van der Waals surface area (Å²) < 4.78 is 0. The number of benzene rings is 1. The second-order valence-corrected chi connectivity index (χ2v) is 6.75. The quantitative estimate of drug-likeness (QED) is 0.900. The maximum absolute atomic E-state index is 6.09. The number of aromatic nitrogens is 1. The van der Waals surface area contributed by atoms with Crippen molar-refractivity contribution in [2.24, 2.45) is 0 Å². The van der Waals surface area contributed by atoms with E-state index in [2.05, 4.69) is 18.3 Å². The van der Waals surface area contributed by atoms with E-state index >= 15 is 0 Å². The first-order valence-corrected chi connectivity index (χ1v) is 8.43. The van der Waals surface area contributed by atoms with Gasteiger partial charge in [0.15, 0.2) is 0 Å². The van der Waals surface area contributed by atoms with Gasteiger partial charge in [0.25, 0.3) is 0 Å². The number of hydrogen-bond acceptors (Lipinski definition) is 3. The van der Waals surface area contributed by atoms with Gasteiger partial charge < -0.3 is 5.32 Å². The van der Waals surface area contributed by atoms with E-state index in [1.807, 2.05) is 29.5 Å². The van der Waals surface area contributed by atoms with Crippen LogP contribution in [0, 0.1) is 0 Å². The van der Waals surface area contributed by atoms with E-state index in [0.717, 1.165) is 28.7 Å². The summed E-state index contributed by atoms with van der Waals surface area (Å²) in [6.07, 6.45) is 3.70. The normalized spacial score (nSPS) is 18.0. The van der Waals surface area contributed by atoms with Crippen molar-refractivity contribution in [1.29, 1.82) is 0 Å². The van der Waals surface area contributed by atoms with Crippen LogP contribution >= 0.6 is 22.9 Å². The van der Waals surface area contributed by atoms with Crippen molar-refractivity contribution in [2.75, 3.05) is 13.1 Å². The molecule has 0 bridgehead atoms. The summed E-state index contributed by atoms with van der Waals surface area (Å²) in [5.41, 5.74) is 2.45. The predicted molar refractivity (Wildman–Crippen MR) is 86.8 cm³/mol. The molecule has 1 N–H and O–H groups in total. The Labute approximate surface area is 129 Å². The van der Waals surface area contributed by atoms with Gasteiger partial charge in [-0.15, -0.1) is 11.3 Å². The molecule has 1 heterocycles. The van der Waals surface area contributed by atoms with E-state index in [1.54, 1.807) is 0 Å². The summed E-state index contributed by atoms with van der Waals surface area (Å²) in [7, 11) is 0. The molecular formula is C16H19ClN2S. The van der Waals surface area contributed by atoms with E-state index in [-0.39, 0.29) is 0 Å². The maximum atomic E-state index is 6.09. The molecule has 0 fully saturated rings. The van der Waals surface area contributed by atoms with Crippen LogP contribution in [-0.4, -0.2) is 18.1 Å². The molecule has 2 nitrogen and oxygen atoms in total. The Morgan fingerprint density at radius 1 is 1.45 bits per heavy atom. The summed E-state index contributed by atoms with van der Waals surface area (Å²) in [5, 5.41) is 5.35. The van der Waals surface area contributed by atoms with E-state index < -0.39 is 0 Å². The Balaban J connectivity index is 1.91. The lowest BCUT2D eigenvalue weighted by Gasteiger charge is -2.21. The van der Waals surface area contributed by atoms with Gasteiger partial charge in [-0.05, 0) is 37.9 Å². The van der Waals surface area contributed by atoms with Gasteiger partial charge in [0.05, 0.1) is 5.69 Å². The highest BCUT2D eigenvalue weighted by Crippen LogP contribution is 2.38. The van der Waals surface area contributed by atoms with Crippen molar-refractivity contribution in [1.82, 2.24) is 10.3 Å². The topological polar surface area (TPSA) is 24.9 Å². The lowest BCUT2D eigenvalue weighted by atomic mass is 9.91. The van der Waals surface area contributed by atoms with E-state index in [4.69, 9.17) is 16.6 Å². The molecule has 0 radical (unpaired) electrons. The summed E-state index contributed by atoms with van der Waals surface area (Å²) in [6.45, 7) is 4.22. The van der Waals surface area contributed by atoms with Crippen molar-refractivity contribution in [3.05, 3.63) is 39.9 Å². The van der Waals surface area contributed by atoms with E-state index in [1.165, 1.54) is 29.8 Å². The van der Waals surface area contributed by atoms with Crippen molar-refractivity contribution >= 4 is 22.9 Å². The van der Waals surface area contributed by atoms with Gasteiger partial charge >= 0.3 is 0 Å². The highest BCUT2D eigenvalue weighted by atomic mass is 35.5. The molecule has 0 amide bonds. The molecule has 106 valence electrons.